The summed E-state index contributed by atoms with van der Waals surface area (Å²) in [5.41, 5.74) is -0.467. The number of esters is 1. The van der Waals surface area contributed by atoms with Crippen LogP contribution in [0.4, 0.5) is 0 Å². The molecule has 0 heterocycles. The molecule has 27 heteroatoms. The van der Waals surface area contributed by atoms with E-state index in [0.29, 0.717) is 324 Å². The van der Waals surface area contributed by atoms with Gasteiger partial charge in [0.15, 0.2) is 0 Å². The SMILES string of the molecule is CCC(C)(C)C(=O)OCCOCCOCCOCCOCCOCCOCCOCCOCCOCCOCCOCCOCCOCCOCCOCCOCCOCCOCCOCCOCCOCCOCCOCCOCCOC. The van der Waals surface area contributed by atoms with Crippen molar-refractivity contribution in [3.8, 4) is 0 Å². The van der Waals surface area contributed by atoms with Crippen molar-refractivity contribution in [3.63, 3.8) is 0 Å². The van der Waals surface area contributed by atoms with E-state index in [1.165, 1.54) is 0 Å². The first-order valence-electron chi connectivity index (χ1n) is 30.1. The maximum Gasteiger partial charge on any atom is 0.311 e. The zero-order valence-corrected chi connectivity index (χ0v) is 52.1. The molecule has 0 aliphatic carbocycles. The number of hydrogen-bond acceptors (Lipinski definition) is 27. The minimum Gasteiger partial charge on any atom is -0.463 e. The molecule has 0 atom stereocenters. The Kier molecular flexibility index (Phi) is 72.6. The van der Waals surface area contributed by atoms with E-state index in [1.54, 1.807) is 7.11 Å². The monoisotopic (exact) mass is 1230 g/mol. The van der Waals surface area contributed by atoms with Crippen LogP contribution in [0.5, 0.6) is 0 Å². The molecule has 0 fully saturated rings. The predicted molar refractivity (Wildman–Crippen MR) is 307 cm³/mol. The highest BCUT2D eigenvalue weighted by atomic mass is 16.6. The van der Waals surface area contributed by atoms with Gasteiger partial charge in [0.2, 0.25) is 0 Å². The Hall–Kier alpha value is -1.53. The fourth-order valence-electron chi connectivity index (χ4n) is 5.84. The molecule has 0 aromatic rings. The lowest BCUT2D eigenvalue weighted by Gasteiger charge is -2.20. The van der Waals surface area contributed by atoms with Gasteiger partial charge in [-0.25, -0.2) is 0 Å². The average molecular weight is 1230 g/mol. The second-order valence-corrected chi connectivity index (χ2v) is 18.1. The van der Waals surface area contributed by atoms with Gasteiger partial charge in [-0.3, -0.25) is 4.79 Å². The van der Waals surface area contributed by atoms with Gasteiger partial charge < -0.3 is 123 Å². The Morgan fingerprint density at radius 2 is 0.310 bits per heavy atom. The summed E-state index contributed by atoms with van der Waals surface area (Å²) in [6.45, 7) is 29.9. The van der Waals surface area contributed by atoms with Gasteiger partial charge >= 0.3 is 5.97 Å². The lowest BCUT2D eigenvalue weighted by atomic mass is 9.91. The van der Waals surface area contributed by atoms with Crippen LogP contribution in [-0.4, -0.2) is 343 Å². The Bertz CT molecular complexity index is 1220. The van der Waals surface area contributed by atoms with E-state index < -0.39 is 5.41 Å². The van der Waals surface area contributed by atoms with E-state index >= 15 is 0 Å². The number of hydrogen-bond donors (Lipinski definition) is 0. The van der Waals surface area contributed by atoms with Crippen molar-refractivity contribution in [1.82, 2.24) is 0 Å². The molecule has 0 rings (SSSR count). The summed E-state index contributed by atoms with van der Waals surface area (Å²) >= 11 is 0. The van der Waals surface area contributed by atoms with Crippen LogP contribution in [-0.2, 0) is 128 Å². The van der Waals surface area contributed by atoms with Crippen LogP contribution >= 0.6 is 0 Å². The zero-order chi connectivity index (χ0) is 60.5. The van der Waals surface area contributed by atoms with Crippen LogP contribution in [0.25, 0.3) is 0 Å². The van der Waals surface area contributed by atoms with Gasteiger partial charge in [-0.05, 0) is 20.3 Å². The standard InChI is InChI=1S/C57H114O27/c1-5-57(2,3)56(58)84-55-54-83-53-52-82-51-50-81-49-48-80-47-46-79-45-44-78-43-42-77-41-40-76-39-38-75-37-36-74-35-34-73-33-32-72-31-30-71-29-28-70-27-26-69-25-24-68-23-22-67-21-20-66-19-18-65-17-16-64-15-14-63-13-12-62-11-10-61-9-8-60-7-6-59-4/h5-55H2,1-4H3. The highest BCUT2D eigenvalue weighted by Crippen LogP contribution is 2.21. The van der Waals surface area contributed by atoms with Crippen LogP contribution in [0.15, 0.2) is 0 Å². The fourth-order valence-corrected chi connectivity index (χ4v) is 5.84. The Balaban J connectivity index is 3.10. The molecule has 0 saturated carbocycles. The smallest absolute Gasteiger partial charge is 0.311 e. The summed E-state index contributed by atoms with van der Waals surface area (Å²) in [5.74, 6) is -0.206. The third kappa shape index (κ3) is 71.2. The maximum atomic E-state index is 11.9. The number of carbonyl (C=O) groups excluding carboxylic acids is 1. The van der Waals surface area contributed by atoms with Crippen LogP contribution < -0.4 is 0 Å². The summed E-state index contributed by atoms with van der Waals surface area (Å²) in [6, 6.07) is 0. The van der Waals surface area contributed by atoms with Crippen molar-refractivity contribution in [3.05, 3.63) is 0 Å². The molecule has 84 heavy (non-hydrogen) atoms. The fraction of sp³-hybridized carbons (Fsp3) is 0.982. The van der Waals surface area contributed by atoms with Gasteiger partial charge in [-0.15, -0.1) is 0 Å². The van der Waals surface area contributed by atoms with Crippen molar-refractivity contribution < 1.29 is 128 Å². The number of methoxy groups -OCH3 is 1. The molecular formula is C57H114O27. The lowest BCUT2D eigenvalue weighted by molar-refractivity contribution is -0.155. The molecule has 0 aliphatic heterocycles. The first-order valence-corrected chi connectivity index (χ1v) is 30.1. The summed E-state index contributed by atoms with van der Waals surface area (Å²) in [4.78, 5) is 11.9. The normalized spacial score (nSPS) is 11.9. The highest BCUT2D eigenvalue weighted by molar-refractivity contribution is 5.75. The topological polar surface area (TPSA) is 257 Å². The zero-order valence-electron chi connectivity index (χ0n) is 52.1. The van der Waals surface area contributed by atoms with Gasteiger partial charge in [-0.1, -0.05) is 6.92 Å². The summed E-state index contributed by atoms with van der Waals surface area (Å²) in [5, 5.41) is 0. The summed E-state index contributed by atoms with van der Waals surface area (Å²) in [6.07, 6.45) is 0.729. The molecule has 0 saturated heterocycles. The third-order valence-electron chi connectivity index (χ3n) is 10.9. The Morgan fingerprint density at radius 3 is 0.417 bits per heavy atom. The Morgan fingerprint density at radius 1 is 0.202 bits per heavy atom. The molecule has 0 spiro atoms. The number of carbonyl (C=O) groups is 1. The van der Waals surface area contributed by atoms with E-state index in [-0.39, 0.29) is 12.6 Å². The van der Waals surface area contributed by atoms with Crippen LogP contribution in [0.2, 0.25) is 0 Å². The van der Waals surface area contributed by atoms with Crippen molar-refractivity contribution in [2.45, 2.75) is 27.2 Å². The van der Waals surface area contributed by atoms with Gasteiger partial charge in [0.25, 0.3) is 0 Å². The van der Waals surface area contributed by atoms with E-state index in [2.05, 4.69) is 0 Å². The molecule has 0 aromatic heterocycles. The molecule has 27 nitrogen and oxygen atoms in total. The second kappa shape index (κ2) is 73.9. The van der Waals surface area contributed by atoms with Gasteiger partial charge in [0, 0.05) is 7.11 Å². The largest absolute Gasteiger partial charge is 0.463 e. The molecule has 504 valence electrons. The van der Waals surface area contributed by atoms with E-state index in [1.807, 2.05) is 20.8 Å². The van der Waals surface area contributed by atoms with E-state index in [9.17, 15) is 4.79 Å². The third-order valence-corrected chi connectivity index (χ3v) is 10.9. The summed E-state index contributed by atoms with van der Waals surface area (Å²) < 4.78 is 142. The van der Waals surface area contributed by atoms with Crippen molar-refractivity contribution in [1.29, 1.82) is 0 Å². The molecule has 0 aromatic carbocycles. The minimum absolute atomic E-state index is 0.206. The van der Waals surface area contributed by atoms with Crippen molar-refractivity contribution in [2.24, 2.45) is 5.41 Å². The van der Waals surface area contributed by atoms with Crippen LogP contribution in [0.3, 0.4) is 0 Å². The average Bonchev–Trinajstić information content (AvgIpc) is 3.50. The van der Waals surface area contributed by atoms with Gasteiger partial charge in [-0.2, -0.15) is 0 Å². The van der Waals surface area contributed by atoms with Crippen molar-refractivity contribution in [2.75, 3.05) is 337 Å². The van der Waals surface area contributed by atoms with Crippen LogP contribution in [0.1, 0.15) is 27.2 Å². The molecular weight excluding hydrogens is 1120 g/mol. The molecule has 0 radical (unpaired) electrons. The van der Waals surface area contributed by atoms with Crippen LogP contribution in [0, 0.1) is 5.41 Å². The molecule has 0 aliphatic rings. The molecule has 0 unspecified atom stereocenters. The Labute approximate surface area is 502 Å². The number of ether oxygens (including phenoxy) is 26. The van der Waals surface area contributed by atoms with Gasteiger partial charge in [0.1, 0.15) is 6.61 Å². The first kappa shape index (κ1) is 82.5. The van der Waals surface area contributed by atoms with Crippen molar-refractivity contribution >= 4 is 5.97 Å². The van der Waals surface area contributed by atoms with Gasteiger partial charge in [0.05, 0.1) is 329 Å². The molecule has 0 amide bonds. The molecule has 0 bridgehead atoms. The van der Waals surface area contributed by atoms with E-state index in [0.717, 1.165) is 6.42 Å². The number of rotatable bonds is 77. The lowest BCUT2D eigenvalue weighted by Crippen LogP contribution is -2.27. The second-order valence-electron chi connectivity index (χ2n) is 18.1. The predicted octanol–water partition coefficient (Wildman–Crippen LogP) is 2.01. The first-order chi connectivity index (χ1) is 41.5. The quantitative estimate of drug-likeness (QED) is 0.0623. The minimum atomic E-state index is -0.467. The van der Waals surface area contributed by atoms with E-state index in [4.69, 9.17) is 123 Å². The summed E-state index contributed by atoms with van der Waals surface area (Å²) in [7, 11) is 1.64. The highest BCUT2D eigenvalue weighted by Gasteiger charge is 2.26. The molecule has 0 N–H and O–H groups in total. The maximum absolute atomic E-state index is 11.9.